The van der Waals surface area contributed by atoms with E-state index >= 15 is 0 Å². The highest BCUT2D eigenvalue weighted by Gasteiger charge is 2.23. The molecule has 0 unspecified atom stereocenters. The average molecular weight is 368 g/mol. The Morgan fingerprint density at radius 2 is 1.82 bits per heavy atom. The summed E-state index contributed by atoms with van der Waals surface area (Å²) in [5, 5.41) is 12.1. The number of halogens is 3. The largest absolute Gasteiger partial charge is 0.480 e. The molecule has 0 aromatic carbocycles. The predicted octanol–water partition coefficient (Wildman–Crippen LogP) is 3.87. The highest BCUT2D eigenvalue weighted by atomic mass is 35.5. The van der Waals surface area contributed by atoms with Crippen molar-refractivity contribution in [2.45, 2.75) is 20.8 Å². The molecule has 122 valence electrons. The molecule has 0 saturated heterocycles. The maximum absolute atomic E-state index is 8.94. The Balaban J connectivity index is 3.76. The van der Waals surface area contributed by atoms with Gasteiger partial charge >= 0.3 is 0 Å². The molecule has 1 aromatic heterocycles. The van der Waals surface area contributed by atoms with Crippen LogP contribution in [0.4, 0.5) is 5.82 Å². The van der Waals surface area contributed by atoms with Gasteiger partial charge in [0, 0.05) is 13.1 Å². The van der Waals surface area contributed by atoms with Gasteiger partial charge in [-0.1, -0.05) is 40.0 Å². The van der Waals surface area contributed by atoms with E-state index in [1.807, 2.05) is 18.7 Å². The number of oxime groups is 1. The van der Waals surface area contributed by atoms with Crippen molar-refractivity contribution >= 4 is 51.4 Å². The lowest BCUT2D eigenvalue weighted by Gasteiger charge is -2.24. The van der Waals surface area contributed by atoms with Gasteiger partial charge in [-0.2, -0.15) is 4.98 Å². The Bertz CT molecular complexity index is 597. The number of nitrogens with zero attached hydrogens (tertiary/aromatic N) is 4. The van der Waals surface area contributed by atoms with Gasteiger partial charge in [-0.3, -0.25) is 0 Å². The van der Waals surface area contributed by atoms with E-state index in [2.05, 4.69) is 15.1 Å². The first kappa shape index (κ1) is 18.8. The molecule has 0 aliphatic carbocycles. The summed E-state index contributed by atoms with van der Waals surface area (Å²) in [6.45, 7) is 6.85. The van der Waals surface area contributed by atoms with E-state index in [9.17, 15) is 0 Å². The van der Waals surface area contributed by atoms with Crippen molar-refractivity contribution in [2.75, 3.05) is 25.1 Å². The molecular weight excluding hydrogens is 351 g/mol. The third-order valence-electron chi connectivity index (χ3n) is 2.97. The molecule has 0 aliphatic heterocycles. The van der Waals surface area contributed by atoms with Gasteiger partial charge in [-0.15, -0.1) is 0 Å². The van der Waals surface area contributed by atoms with Crippen LogP contribution in [0.15, 0.2) is 9.65 Å². The van der Waals surface area contributed by atoms with Crippen molar-refractivity contribution in [1.29, 1.82) is 0 Å². The van der Waals surface area contributed by atoms with Crippen LogP contribution in [0.25, 0.3) is 5.03 Å². The van der Waals surface area contributed by atoms with Gasteiger partial charge in [-0.05, 0) is 20.8 Å². The molecule has 1 rings (SSSR count). The number of hydrogen-bond donors (Lipinski definition) is 1. The van der Waals surface area contributed by atoms with Crippen LogP contribution in [0.1, 0.15) is 32.2 Å². The molecule has 9 heteroatoms. The van der Waals surface area contributed by atoms with E-state index in [-0.39, 0.29) is 26.9 Å². The minimum atomic E-state index is -0.114. The topological polar surface area (TPSA) is 70.8 Å². The van der Waals surface area contributed by atoms with E-state index in [1.54, 1.807) is 6.92 Å². The number of methoxy groups -OCH3 is 1. The van der Waals surface area contributed by atoms with Crippen molar-refractivity contribution in [3.05, 3.63) is 15.9 Å². The molecule has 1 N–H and O–H groups in total. The summed E-state index contributed by atoms with van der Waals surface area (Å²) in [6.07, 6.45) is 0. The summed E-state index contributed by atoms with van der Waals surface area (Å²) >= 11 is 17.8. The Hall–Kier alpha value is -1.24. The van der Waals surface area contributed by atoms with Gasteiger partial charge in [0.25, 0.3) is 0 Å². The van der Waals surface area contributed by atoms with Crippen LogP contribution in [0.3, 0.4) is 0 Å². The fourth-order valence-corrected chi connectivity index (χ4v) is 2.18. The first-order chi connectivity index (χ1) is 10.4. The molecule has 22 heavy (non-hydrogen) atoms. The number of hydrogen-bond acceptors (Lipinski definition) is 6. The highest BCUT2D eigenvalue weighted by Crippen LogP contribution is 2.38. The monoisotopic (exact) mass is 366 g/mol. The van der Waals surface area contributed by atoms with Crippen LogP contribution in [-0.2, 0) is 0 Å². The maximum atomic E-state index is 8.94. The van der Waals surface area contributed by atoms with Gasteiger partial charge in [0.15, 0.2) is 5.82 Å². The normalized spacial score (nSPS) is 11.3. The van der Waals surface area contributed by atoms with Crippen LogP contribution in [0.5, 0.6) is 5.88 Å². The Labute approximate surface area is 144 Å². The second-order valence-corrected chi connectivity index (χ2v) is 5.51. The summed E-state index contributed by atoms with van der Waals surface area (Å²) < 4.78 is 5.17. The highest BCUT2D eigenvalue weighted by molar-refractivity contribution is 6.67. The first-order valence-corrected chi connectivity index (χ1v) is 7.65. The van der Waals surface area contributed by atoms with Crippen molar-refractivity contribution < 1.29 is 9.94 Å². The van der Waals surface area contributed by atoms with E-state index in [4.69, 9.17) is 44.7 Å². The summed E-state index contributed by atoms with van der Waals surface area (Å²) in [5.74, 6) is 0.914. The summed E-state index contributed by atoms with van der Waals surface area (Å²) in [7, 11) is 1.44. The van der Waals surface area contributed by atoms with Crippen LogP contribution in [0, 0.1) is 0 Å². The van der Waals surface area contributed by atoms with Crippen LogP contribution in [-0.4, -0.2) is 41.1 Å². The predicted molar refractivity (Wildman–Crippen MR) is 90.6 cm³/mol. The summed E-state index contributed by atoms with van der Waals surface area (Å²) in [4.78, 5) is 10.5. The fourth-order valence-electron chi connectivity index (χ4n) is 1.82. The molecule has 6 nitrogen and oxygen atoms in total. The van der Waals surface area contributed by atoms with Gasteiger partial charge in [0.1, 0.15) is 21.6 Å². The molecule has 0 amide bonds. The van der Waals surface area contributed by atoms with Crippen LogP contribution in [0.2, 0.25) is 0 Å². The molecule has 0 fully saturated rings. The number of rotatable bonds is 6. The average Bonchev–Trinajstić information content (AvgIpc) is 2.53. The van der Waals surface area contributed by atoms with Gasteiger partial charge < -0.3 is 14.8 Å². The van der Waals surface area contributed by atoms with Gasteiger partial charge in [-0.25, -0.2) is 4.98 Å². The van der Waals surface area contributed by atoms with E-state index < -0.39 is 0 Å². The van der Waals surface area contributed by atoms with Crippen molar-refractivity contribution in [2.24, 2.45) is 5.16 Å². The number of anilines is 1. The Kier molecular flexibility index (Phi) is 7.19. The van der Waals surface area contributed by atoms with Crippen molar-refractivity contribution in [3.63, 3.8) is 0 Å². The summed E-state index contributed by atoms with van der Waals surface area (Å²) in [5.41, 5.74) is 0.637. The van der Waals surface area contributed by atoms with E-state index in [1.165, 1.54) is 7.11 Å². The molecule has 0 bridgehead atoms. The molecule has 1 aromatic rings. The van der Waals surface area contributed by atoms with E-state index in [0.29, 0.717) is 24.5 Å². The molecule has 0 radical (unpaired) electrons. The quantitative estimate of drug-likeness (QED) is 0.469. The van der Waals surface area contributed by atoms with Crippen LogP contribution >= 0.6 is 34.8 Å². The first-order valence-electron chi connectivity index (χ1n) is 6.52. The number of aromatic nitrogens is 2. The molecule has 0 aliphatic rings. The van der Waals surface area contributed by atoms with Gasteiger partial charge in [0.2, 0.25) is 5.88 Å². The Morgan fingerprint density at radius 1 is 1.23 bits per heavy atom. The zero-order valence-electron chi connectivity index (χ0n) is 12.7. The van der Waals surface area contributed by atoms with Crippen LogP contribution < -0.4 is 9.64 Å². The van der Waals surface area contributed by atoms with Gasteiger partial charge in [0.05, 0.1) is 12.1 Å². The summed E-state index contributed by atoms with van der Waals surface area (Å²) in [6, 6.07) is 0. The van der Waals surface area contributed by atoms with Crippen molar-refractivity contribution in [1.82, 2.24) is 9.97 Å². The number of ether oxygens (including phenoxy) is 1. The lowest BCUT2D eigenvalue weighted by atomic mass is 10.2. The minimum absolute atomic E-state index is 0.0900. The zero-order valence-corrected chi connectivity index (χ0v) is 15.0. The fraction of sp³-hybridized carbons (Fsp3) is 0.462. The van der Waals surface area contributed by atoms with E-state index in [0.717, 1.165) is 0 Å². The standard InChI is InChI=1S/C13H17Cl3N4O2/c1-5-20(6-2)12-8(9(14)10(15)16)13(22-4)18-11(17-12)7(3)19-21/h21H,5-6H2,1-4H3/b19-7-. The second-order valence-electron chi connectivity index (χ2n) is 4.19. The zero-order chi connectivity index (χ0) is 16.9. The molecule has 0 atom stereocenters. The molecular formula is C13H17Cl3N4O2. The van der Waals surface area contributed by atoms with Crippen molar-refractivity contribution in [3.8, 4) is 5.88 Å². The molecule has 0 spiro atoms. The minimum Gasteiger partial charge on any atom is -0.480 e. The SMILES string of the molecule is CCN(CC)c1nc(/C(C)=N\O)nc(OC)c1C(Cl)=C(Cl)Cl. The smallest absolute Gasteiger partial charge is 0.228 e. The lowest BCUT2D eigenvalue weighted by Crippen LogP contribution is -2.26. The third-order valence-corrected chi connectivity index (χ3v) is 3.92. The Morgan fingerprint density at radius 3 is 2.23 bits per heavy atom. The third kappa shape index (κ3) is 3.94. The second kappa shape index (κ2) is 8.41. The lowest BCUT2D eigenvalue weighted by molar-refractivity contribution is 0.318. The molecule has 0 saturated carbocycles. The molecule has 1 heterocycles. The maximum Gasteiger partial charge on any atom is 0.228 e.